The topological polar surface area (TPSA) is 49.4 Å². The number of rotatable bonds is 6. The molecule has 1 N–H and O–H groups in total. The van der Waals surface area contributed by atoms with Gasteiger partial charge in [-0.05, 0) is 44.0 Å². The molecule has 120 valence electrons. The van der Waals surface area contributed by atoms with E-state index in [-0.39, 0.29) is 10.9 Å². The van der Waals surface area contributed by atoms with Crippen LogP contribution in [0.2, 0.25) is 5.02 Å². The summed E-state index contributed by atoms with van der Waals surface area (Å²) in [6.45, 7) is 10.2. The zero-order valence-corrected chi connectivity index (χ0v) is 15.1. The number of sulfonamides is 1. The maximum atomic E-state index is 12.7. The van der Waals surface area contributed by atoms with E-state index in [0.717, 1.165) is 11.1 Å². The molecule has 0 saturated carbocycles. The van der Waals surface area contributed by atoms with Crippen LogP contribution >= 0.6 is 11.6 Å². The minimum Gasteiger partial charge on any atom is -0.310 e. The van der Waals surface area contributed by atoms with Crippen LogP contribution in [0.25, 0.3) is 0 Å². The van der Waals surface area contributed by atoms with Crippen molar-refractivity contribution in [2.75, 3.05) is 7.05 Å². The standard InChI is InChI=1S/C15H25ClN2O2S/c1-10(2)17-9-13-7-14(16)8-15(12(13)5)21(19,20)18(6)11(3)4/h7-8,10-11,17H,9H2,1-6H3. The van der Waals surface area contributed by atoms with Crippen LogP contribution in [0.4, 0.5) is 0 Å². The monoisotopic (exact) mass is 332 g/mol. The Kier molecular flexibility index (Phi) is 6.23. The highest BCUT2D eigenvalue weighted by atomic mass is 35.5. The lowest BCUT2D eigenvalue weighted by Crippen LogP contribution is -2.33. The Balaban J connectivity index is 3.31. The highest BCUT2D eigenvalue weighted by molar-refractivity contribution is 7.89. The molecule has 0 unspecified atom stereocenters. The molecule has 0 amide bonds. The van der Waals surface area contributed by atoms with Crippen molar-refractivity contribution in [1.29, 1.82) is 0 Å². The Morgan fingerprint density at radius 1 is 1.24 bits per heavy atom. The first-order valence-corrected chi connectivity index (χ1v) is 8.89. The van der Waals surface area contributed by atoms with Gasteiger partial charge in [-0.1, -0.05) is 25.4 Å². The molecule has 0 aliphatic carbocycles. The van der Waals surface area contributed by atoms with E-state index >= 15 is 0 Å². The van der Waals surface area contributed by atoms with E-state index in [1.807, 2.05) is 40.7 Å². The summed E-state index contributed by atoms with van der Waals surface area (Å²) in [4.78, 5) is 0.284. The molecule has 1 aromatic carbocycles. The Hall–Kier alpha value is -0.620. The first-order chi connectivity index (χ1) is 9.57. The third-order valence-corrected chi connectivity index (χ3v) is 5.90. The predicted octanol–water partition coefficient (Wildman–Crippen LogP) is 3.18. The molecular formula is C15H25ClN2O2S. The van der Waals surface area contributed by atoms with Crippen molar-refractivity contribution in [2.45, 2.75) is 58.1 Å². The third-order valence-electron chi connectivity index (χ3n) is 3.52. The Morgan fingerprint density at radius 2 is 1.81 bits per heavy atom. The average molecular weight is 333 g/mol. The number of halogens is 1. The predicted molar refractivity (Wildman–Crippen MR) is 88.2 cm³/mol. The molecule has 1 aromatic rings. The molecule has 21 heavy (non-hydrogen) atoms. The zero-order valence-electron chi connectivity index (χ0n) is 13.6. The quantitative estimate of drug-likeness (QED) is 0.870. The van der Waals surface area contributed by atoms with Crippen molar-refractivity contribution in [3.05, 3.63) is 28.3 Å². The van der Waals surface area contributed by atoms with Gasteiger partial charge in [0.2, 0.25) is 10.0 Å². The summed E-state index contributed by atoms with van der Waals surface area (Å²) in [7, 11) is -1.94. The van der Waals surface area contributed by atoms with Crippen LogP contribution in [-0.2, 0) is 16.6 Å². The van der Waals surface area contributed by atoms with Crippen molar-refractivity contribution in [1.82, 2.24) is 9.62 Å². The van der Waals surface area contributed by atoms with Gasteiger partial charge in [-0.15, -0.1) is 0 Å². The Morgan fingerprint density at radius 3 is 2.29 bits per heavy atom. The van der Waals surface area contributed by atoms with Gasteiger partial charge in [0.25, 0.3) is 0 Å². The smallest absolute Gasteiger partial charge is 0.243 e. The molecule has 0 aliphatic rings. The van der Waals surface area contributed by atoms with E-state index in [9.17, 15) is 8.42 Å². The lowest BCUT2D eigenvalue weighted by Gasteiger charge is -2.23. The zero-order chi connectivity index (χ0) is 16.4. The summed E-state index contributed by atoms with van der Waals surface area (Å²) in [5.74, 6) is 0. The second kappa shape index (κ2) is 7.09. The second-order valence-corrected chi connectivity index (χ2v) is 8.24. The number of hydrogen-bond donors (Lipinski definition) is 1. The molecule has 0 bridgehead atoms. The van der Waals surface area contributed by atoms with Gasteiger partial charge in [0.1, 0.15) is 0 Å². The molecule has 0 saturated heterocycles. The molecule has 0 fully saturated rings. The van der Waals surface area contributed by atoms with E-state index < -0.39 is 10.0 Å². The summed E-state index contributed by atoms with van der Waals surface area (Å²) in [6.07, 6.45) is 0. The third kappa shape index (κ3) is 4.42. The SMILES string of the molecule is Cc1c(CNC(C)C)cc(Cl)cc1S(=O)(=O)N(C)C(C)C. The van der Waals surface area contributed by atoms with Crippen LogP contribution in [0, 0.1) is 6.92 Å². The maximum absolute atomic E-state index is 12.7. The number of benzene rings is 1. The van der Waals surface area contributed by atoms with Gasteiger partial charge in [0, 0.05) is 30.7 Å². The van der Waals surface area contributed by atoms with Crippen LogP contribution in [0.5, 0.6) is 0 Å². The number of nitrogens with one attached hydrogen (secondary N) is 1. The van der Waals surface area contributed by atoms with E-state index in [2.05, 4.69) is 5.32 Å². The number of hydrogen-bond acceptors (Lipinski definition) is 3. The summed E-state index contributed by atoms with van der Waals surface area (Å²) in [6, 6.07) is 3.57. The minimum absolute atomic E-state index is 0.106. The highest BCUT2D eigenvalue weighted by Gasteiger charge is 2.26. The van der Waals surface area contributed by atoms with Gasteiger partial charge >= 0.3 is 0 Å². The summed E-state index contributed by atoms with van der Waals surface area (Å²) in [5, 5.41) is 3.73. The highest BCUT2D eigenvalue weighted by Crippen LogP contribution is 2.27. The molecular weight excluding hydrogens is 308 g/mol. The molecule has 0 spiro atoms. The van der Waals surface area contributed by atoms with E-state index in [1.165, 1.54) is 10.4 Å². The summed E-state index contributed by atoms with van der Waals surface area (Å²) in [5.41, 5.74) is 1.66. The normalized spacial score (nSPS) is 12.7. The Labute approximate surface area is 133 Å². The first-order valence-electron chi connectivity index (χ1n) is 7.07. The average Bonchev–Trinajstić information content (AvgIpc) is 2.37. The van der Waals surface area contributed by atoms with Gasteiger partial charge in [-0.3, -0.25) is 0 Å². The van der Waals surface area contributed by atoms with Gasteiger partial charge in [-0.25, -0.2) is 8.42 Å². The molecule has 0 aromatic heterocycles. The summed E-state index contributed by atoms with van der Waals surface area (Å²) < 4.78 is 26.7. The lowest BCUT2D eigenvalue weighted by atomic mass is 10.1. The van der Waals surface area contributed by atoms with Crippen LogP contribution in [-0.4, -0.2) is 31.9 Å². The maximum Gasteiger partial charge on any atom is 0.243 e. The van der Waals surface area contributed by atoms with Crippen LogP contribution in [0.15, 0.2) is 17.0 Å². The Bertz CT molecular complexity index is 598. The van der Waals surface area contributed by atoms with E-state index in [1.54, 1.807) is 7.05 Å². The van der Waals surface area contributed by atoms with Gasteiger partial charge in [-0.2, -0.15) is 4.31 Å². The van der Waals surface area contributed by atoms with Gasteiger partial charge in [0.15, 0.2) is 0 Å². The van der Waals surface area contributed by atoms with E-state index in [0.29, 0.717) is 17.6 Å². The van der Waals surface area contributed by atoms with Crippen molar-refractivity contribution >= 4 is 21.6 Å². The molecule has 4 nitrogen and oxygen atoms in total. The van der Waals surface area contributed by atoms with Crippen molar-refractivity contribution < 1.29 is 8.42 Å². The molecule has 1 rings (SSSR count). The van der Waals surface area contributed by atoms with Crippen LogP contribution in [0.1, 0.15) is 38.8 Å². The molecule has 0 atom stereocenters. The number of nitrogens with zero attached hydrogens (tertiary/aromatic N) is 1. The second-order valence-electron chi connectivity index (χ2n) is 5.84. The van der Waals surface area contributed by atoms with Gasteiger partial charge < -0.3 is 5.32 Å². The molecule has 6 heteroatoms. The van der Waals surface area contributed by atoms with Crippen molar-refractivity contribution in [2.24, 2.45) is 0 Å². The molecule has 0 heterocycles. The minimum atomic E-state index is -3.53. The van der Waals surface area contributed by atoms with Crippen molar-refractivity contribution in [3.63, 3.8) is 0 Å². The summed E-state index contributed by atoms with van der Waals surface area (Å²) >= 11 is 6.12. The first kappa shape index (κ1) is 18.4. The fourth-order valence-electron chi connectivity index (χ4n) is 1.91. The lowest BCUT2D eigenvalue weighted by molar-refractivity contribution is 0.410. The van der Waals surface area contributed by atoms with Gasteiger partial charge in [0.05, 0.1) is 4.90 Å². The largest absolute Gasteiger partial charge is 0.310 e. The van der Waals surface area contributed by atoms with Crippen LogP contribution in [0.3, 0.4) is 0 Å². The fourth-order valence-corrected chi connectivity index (χ4v) is 3.87. The molecule has 0 radical (unpaired) electrons. The van der Waals surface area contributed by atoms with Crippen molar-refractivity contribution in [3.8, 4) is 0 Å². The molecule has 0 aliphatic heterocycles. The van der Waals surface area contributed by atoms with Crippen LogP contribution < -0.4 is 5.32 Å². The van der Waals surface area contributed by atoms with E-state index in [4.69, 9.17) is 11.6 Å². The fraction of sp³-hybridized carbons (Fsp3) is 0.600.